The number of nitrogens with zero attached hydrogens (tertiary/aromatic N) is 2. The first-order chi connectivity index (χ1) is 20.8. The zero-order valence-electron chi connectivity index (χ0n) is 25.1. The molecule has 0 saturated heterocycles. The molecule has 1 saturated carbocycles. The summed E-state index contributed by atoms with van der Waals surface area (Å²) in [6.45, 7) is 3.96. The molecule has 2 amide bonds. The number of hydrogen-bond acceptors (Lipinski definition) is 7. The van der Waals surface area contributed by atoms with Crippen LogP contribution in [0, 0.1) is 13.8 Å². The van der Waals surface area contributed by atoms with Gasteiger partial charge in [-0.1, -0.05) is 43.5 Å². The number of nitrogens with one attached hydrogen (secondary N) is 1. The van der Waals surface area contributed by atoms with Gasteiger partial charge in [-0.3, -0.25) is 14.5 Å². The number of nitrogens with two attached hydrogens (primary N) is 1. The Bertz CT molecular complexity index is 1580. The highest BCUT2D eigenvalue weighted by molar-refractivity contribution is 7.09. The third kappa shape index (κ3) is 6.37. The van der Waals surface area contributed by atoms with E-state index in [9.17, 15) is 9.59 Å². The Morgan fingerprint density at radius 3 is 2.19 bits per heavy atom. The van der Waals surface area contributed by atoms with Crippen LogP contribution >= 0.6 is 11.5 Å². The number of nitrogen functional groups attached to an aromatic ring is 1. The first kappa shape index (κ1) is 30.1. The number of carbonyl (C=O) groups excluding carboxylic acids is 2. The molecule has 1 atom stereocenters. The number of methoxy groups -OCH3 is 2. The van der Waals surface area contributed by atoms with Crippen LogP contribution in [-0.2, 0) is 4.79 Å². The van der Waals surface area contributed by atoms with Crippen molar-refractivity contribution in [2.45, 2.75) is 58.0 Å². The highest BCUT2D eigenvalue weighted by Gasteiger charge is 2.37. The van der Waals surface area contributed by atoms with Crippen LogP contribution in [0.4, 0.5) is 11.4 Å². The van der Waals surface area contributed by atoms with Crippen molar-refractivity contribution in [1.82, 2.24) is 9.69 Å². The summed E-state index contributed by atoms with van der Waals surface area (Å²) in [5, 5.41) is 3.27. The summed E-state index contributed by atoms with van der Waals surface area (Å²) in [5.74, 6) is 0.754. The Kier molecular flexibility index (Phi) is 9.31. The van der Waals surface area contributed by atoms with E-state index in [2.05, 4.69) is 9.69 Å². The van der Waals surface area contributed by atoms with Crippen LogP contribution in [-0.4, -0.2) is 36.4 Å². The van der Waals surface area contributed by atoms with E-state index in [1.54, 1.807) is 19.1 Å². The molecule has 224 valence electrons. The Morgan fingerprint density at radius 1 is 0.930 bits per heavy atom. The summed E-state index contributed by atoms with van der Waals surface area (Å²) < 4.78 is 15.3. The van der Waals surface area contributed by atoms with Gasteiger partial charge in [-0.15, -0.1) is 0 Å². The lowest BCUT2D eigenvalue weighted by Gasteiger charge is -2.34. The molecule has 3 aromatic carbocycles. The van der Waals surface area contributed by atoms with Crippen LogP contribution in [0.15, 0.2) is 66.7 Å². The molecule has 8 nitrogen and oxygen atoms in total. The van der Waals surface area contributed by atoms with Crippen molar-refractivity contribution in [1.29, 1.82) is 0 Å². The fraction of sp³-hybridized carbons (Fsp3) is 0.324. The van der Waals surface area contributed by atoms with Gasteiger partial charge in [0.05, 0.1) is 19.9 Å². The minimum absolute atomic E-state index is 0.0627. The van der Waals surface area contributed by atoms with Crippen molar-refractivity contribution >= 4 is 34.7 Å². The maximum atomic E-state index is 14.7. The van der Waals surface area contributed by atoms with Gasteiger partial charge < -0.3 is 20.5 Å². The van der Waals surface area contributed by atoms with E-state index in [1.807, 2.05) is 80.6 Å². The molecule has 5 rings (SSSR count). The molecule has 0 bridgehead atoms. The fourth-order valence-corrected chi connectivity index (χ4v) is 6.37. The standard InChI is InChI=1S/C34H38N4O4S/c1-21-9-8-12-28(22(21)2)38(34(40)32-29(35)30(37-43-32)23-13-17-26(41-3)18-14-23)31(24-15-19-27(42-4)20-16-24)33(39)36-25-10-6-5-7-11-25/h8-9,12-20,25,31H,5-7,10-11,35H2,1-4H3,(H,36,39)/t31-/m0/s1. The molecule has 4 aromatic rings. The summed E-state index contributed by atoms with van der Waals surface area (Å²) in [5.41, 5.74) is 11.4. The zero-order chi connectivity index (χ0) is 30.5. The van der Waals surface area contributed by atoms with E-state index in [4.69, 9.17) is 15.2 Å². The number of aromatic nitrogens is 1. The maximum Gasteiger partial charge on any atom is 0.273 e. The second kappa shape index (κ2) is 13.3. The van der Waals surface area contributed by atoms with Gasteiger partial charge in [0.15, 0.2) is 0 Å². The number of benzene rings is 3. The quantitative estimate of drug-likeness (QED) is 0.218. The molecule has 1 heterocycles. The van der Waals surface area contributed by atoms with Crippen LogP contribution in [0.3, 0.4) is 0 Å². The topological polar surface area (TPSA) is 107 Å². The normalized spacial score (nSPS) is 14.1. The number of ether oxygens (including phenoxy) is 2. The molecule has 3 N–H and O–H groups in total. The molecular weight excluding hydrogens is 560 g/mol. The van der Waals surface area contributed by atoms with Gasteiger partial charge in [-0.05, 0) is 97.4 Å². The SMILES string of the molecule is COc1ccc(-c2nsc(C(=O)N(c3cccc(C)c3C)[C@H](C(=O)NC3CCCCC3)c3ccc(OC)cc3)c2N)cc1. The highest BCUT2D eigenvalue weighted by Crippen LogP contribution is 2.38. The fourth-order valence-electron chi connectivity index (χ4n) is 5.61. The average molecular weight is 599 g/mol. The van der Waals surface area contributed by atoms with Gasteiger partial charge in [0, 0.05) is 17.3 Å². The molecule has 0 aliphatic heterocycles. The Morgan fingerprint density at radius 2 is 1.56 bits per heavy atom. The van der Waals surface area contributed by atoms with E-state index in [0.29, 0.717) is 28.4 Å². The van der Waals surface area contributed by atoms with Crippen molar-refractivity contribution in [3.05, 3.63) is 88.3 Å². The van der Waals surface area contributed by atoms with Crippen LogP contribution in [0.5, 0.6) is 11.5 Å². The van der Waals surface area contributed by atoms with Gasteiger partial charge in [0.1, 0.15) is 28.1 Å². The molecule has 9 heteroatoms. The third-order valence-corrected chi connectivity index (χ3v) is 9.08. The molecule has 0 unspecified atom stereocenters. The highest BCUT2D eigenvalue weighted by atomic mass is 32.1. The van der Waals surface area contributed by atoms with Crippen LogP contribution in [0.25, 0.3) is 11.3 Å². The average Bonchev–Trinajstić information content (AvgIpc) is 3.42. The molecule has 1 aromatic heterocycles. The first-order valence-corrected chi connectivity index (χ1v) is 15.3. The summed E-state index contributed by atoms with van der Waals surface area (Å²) in [7, 11) is 3.20. The minimum atomic E-state index is -0.952. The number of anilines is 2. The molecular formula is C34H38N4O4S. The number of carbonyl (C=O) groups is 2. The van der Waals surface area contributed by atoms with Crippen molar-refractivity contribution in [3.63, 3.8) is 0 Å². The van der Waals surface area contributed by atoms with Gasteiger partial charge in [0.2, 0.25) is 5.91 Å². The monoisotopic (exact) mass is 598 g/mol. The van der Waals surface area contributed by atoms with E-state index in [0.717, 1.165) is 53.9 Å². The summed E-state index contributed by atoms with van der Waals surface area (Å²) in [6, 6.07) is 19.6. The zero-order valence-corrected chi connectivity index (χ0v) is 25.9. The van der Waals surface area contributed by atoms with Crippen molar-refractivity contribution in [3.8, 4) is 22.8 Å². The van der Waals surface area contributed by atoms with Crippen LogP contribution < -0.4 is 25.4 Å². The lowest BCUT2D eigenvalue weighted by Crippen LogP contribution is -2.47. The molecule has 0 radical (unpaired) electrons. The predicted molar refractivity (Wildman–Crippen MR) is 172 cm³/mol. The predicted octanol–water partition coefficient (Wildman–Crippen LogP) is 6.86. The second-order valence-corrected chi connectivity index (χ2v) is 11.7. The third-order valence-electron chi connectivity index (χ3n) is 8.23. The number of rotatable bonds is 9. The summed E-state index contributed by atoms with van der Waals surface area (Å²) >= 11 is 1.04. The maximum absolute atomic E-state index is 14.7. The van der Waals surface area contributed by atoms with Gasteiger partial charge in [-0.25, -0.2) is 0 Å². The molecule has 1 aliphatic carbocycles. The van der Waals surface area contributed by atoms with E-state index in [-0.39, 0.29) is 28.4 Å². The molecule has 1 aliphatic rings. The van der Waals surface area contributed by atoms with E-state index < -0.39 is 6.04 Å². The Hall–Kier alpha value is -4.37. The molecule has 43 heavy (non-hydrogen) atoms. The molecule has 1 fully saturated rings. The summed E-state index contributed by atoms with van der Waals surface area (Å²) in [4.78, 5) is 30.9. The number of aryl methyl sites for hydroxylation is 1. The Labute approximate surface area is 257 Å². The van der Waals surface area contributed by atoms with Crippen molar-refractivity contribution < 1.29 is 19.1 Å². The lowest BCUT2D eigenvalue weighted by atomic mass is 9.94. The molecule has 0 spiro atoms. The summed E-state index contributed by atoms with van der Waals surface area (Å²) in [6.07, 6.45) is 5.16. The largest absolute Gasteiger partial charge is 0.497 e. The van der Waals surface area contributed by atoms with E-state index in [1.165, 1.54) is 6.42 Å². The number of hydrogen-bond donors (Lipinski definition) is 2. The Balaban J connectivity index is 1.63. The smallest absolute Gasteiger partial charge is 0.273 e. The van der Waals surface area contributed by atoms with E-state index >= 15 is 0 Å². The van der Waals surface area contributed by atoms with Crippen molar-refractivity contribution in [2.75, 3.05) is 24.9 Å². The second-order valence-electron chi connectivity index (χ2n) is 10.9. The van der Waals surface area contributed by atoms with Gasteiger partial charge in [-0.2, -0.15) is 4.37 Å². The minimum Gasteiger partial charge on any atom is -0.497 e. The lowest BCUT2D eigenvalue weighted by molar-refractivity contribution is -0.123. The first-order valence-electron chi connectivity index (χ1n) is 14.6. The van der Waals surface area contributed by atoms with Crippen LogP contribution in [0.1, 0.15) is 64.5 Å². The van der Waals surface area contributed by atoms with Crippen molar-refractivity contribution in [2.24, 2.45) is 0 Å². The van der Waals surface area contributed by atoms with Crippen LogP contribution in [0.2, 0.25) is 0 Å². The number of amides is 2. The van der Waals surface area contributed by atoms with Gasteiger partial charge in [0.25, 0.3) is 5.91 Å². The van der Waals surface area contributed by atoms with Gasteiger partial charge >= 0.3 is 0 Å².